The van der Waals surface area contributed by atoms with Gasteiger partial charge in [-0.1, -0.05) is 6.07 Å². The smallest absolute Gasteiger partial charge is 0.417 e. The van der Waals surface area contributed by atoms with Gasteiger partial charge in [0, 0.05) is 48.7 Å². The van der Waals surface area contributed by atoms with Crippen LogP contribution in [0, 0.1) is 0 Å². The standard InChI is InChI=1S/C24H19F3N4O3/c1-29-20-11-16(3-4-17(20)18-7-8-30(23(33)34)13-21(18)29)31-9-6-14(10-22(31)32)19-5-2-15(12-28-19)24(25,26)27/h2-6,9-12H,7-8,13H2,1H3,(H,33,34). The van der Waals surface area contributed by atoms with E-state index in [1.807, 2.05) is 29.8 Å². The van der Waals surface area contributed by atoms with Crippen LogP contribution < -0.4 is 5.56 Å². The topological polar surface area (TPSA) is 80.4 Å². The van der Waals surface area contributed by atoms with Gasteiger partial charge in [-0.25, -0.2) is 4.79 Å². The maximum absolute atomic E-state index is 12.8. The Hall–Kier alpha value is -4.08. The van der Waals surface area contributed by atoms with Gasteiger partial charge in [0.05, 0.1) is 29.0 Å². The molecule has 174 valence electrons. The number of hydrogen-bond acceptors (Lipinski definition) is 3. The maximum atomic E-state index is 12.8. The molecule has 0 unspecified atom stereocenters. The predicted molar refractivity (Wildman–Crippen MR) is 119 cm³/mol. The van der Waals surface area contributed by atoms with Gasteiger partial charge in [-0.2, -0.15) is 13.2 Å². The summed E-state index contributed by atoms with van der Waals surface area (Å²) in [5.74, 6) is 0. The number of fused-ring (bicyclic) bond motifs is 3. The zero-order valence-electron chi connectivity index (χ0n) is 18.0. The molecule has 1 N–H and O–H groups in total. The monoisotopic (exact) mass is 468 g/mol. The zero-order chi connectivity index (χ0) is 24.2. The van der Waals surface area contributed by atoms with E-state index in [4.69, 9.17) is 0 Å². The molecule has 5 rings (SSSR count). The van der Waals surface area contributed by atoms with Crippen molar-refractivity contribution in [1.82, 2.24) is 19.0 Å². The van der Waals surface area contributed by atoms with Crippen LogP contribution in [-0.2, 0) is 26.2 Å². The van der Waals surface area contributed by atoms with E-state index in [-0.39, 0.29) is 11.3 Å². The van der Waals surface area contributed by atoms with Gasteiger partial charge < -0.3 is 14.6 Å². The highest BCUT2D eigenvalue weighted by atomic mass is 19.4. The Labute approximate surface area is 191 Å². The molecule has 0 bridgehead atoms. The molecule has 0 spiro atoms. The molecule has 1 aliphatic rings. The molecule has 3 aromatic heterocycles. The summed E-state index contributed by atoms with van der Waals surface area (Å²) in [5.41, 5.74) is 3.02. The molecule has 34 heavy (non-hydrogen) atoms. The highest BCUT2D eigenvalue weighted by molar-refractivity contribution is 5.88. The Balaban J connectivity index is 1.50. The number of hydrogen-bond donors (Lipinski definition) is 1. The minimum absolute atomic E-state index is 0.269. The van der Waals surface area contributed by atoms with Crippen molar-refractivity contribution in [3.63, 3.8) is 0 Å². The van der Waals surface area contributed by atoms with Crippen LogP contribution in [-0.4, -0.2) is 36.8 Å². The Morgan fingerprint density at radius 3 is 2.56 bits per heavy atom. The molecule has 0 fully saturated rings. The van der Waals surface area contributed by atoms with Crippen molar-refractivity contribution in [2.24, 2.45) is 7.05 Å². The second-order valence-corrected chi connectivity index (χ2v) is 8.19. The van der Waals surface area contributed by atoms with Crippen LogP contribution in [0.2, 0.25) is 0 Å². The number of aromatic nitrogens is 3. The first-order chi connectivity index (χ1) is 16.1. The second-order valence-electron chi connectivity index (χ2n) is 8.19. The fourth-order valence-corrected chi connectivity index (χ4v) is 4.44. The van der Waals surface area contributed by atoms with Gasteiger partial charge in [-0.15, -0.1) is 0 Å². The summed E-state index contributed by atoms with van der Waals surface area (Å²) >= 11 is 0. The number of aryl methyl sites for hydroxylation is 1. The maximum Gasteiger partial charge on any atom is 0.417 e. The van der Waals surface area contributed by atoms with Gasteiger partial charge in [-0.05, 0) is 42.3 Å². The lowest BCUT2D eigenvalue weighted by Gasteiger charge is -2.25. The third-order valence-corrected chi connectivity index (χ3v) is 6.25. The lowest BCUT2D eigenvalue weighted by Crippen LogP contribution is -2.35. The summed E-state index contributed by atoms with van der Waals surface area (Å²) in [4.78, 5) is 29.5. The Bertz CT molecular complexity index is 1490. The fraction of sp³-hybridized carbons (Fsp3) is 0.208. The van der Waals surface area contributed by atoms with E-state index in [2.05, 4.69) is 4.98 Å². The van der Waals surface area contributed by atoms with E-state index in [1.165, 1.54) is 21.6 Å². The second kappa shape index (κ2) is 7.75. The fourth-order valence-electron chi connectivity index (χ4n) is 4.44. The normalized spacial score (nSPS) is 13.8. The van der Waals surface area contributed by atoms with Gasteiger partial charge in [0.2, 0.25) is 0 Å². The number of alkyl halides is 3. The quantitative estimate of drug-likeness (QED) is 0.472. The lowest BCUT2D eigenvalue weighted by molar-refractivity contribution is -0.137. The predicted octanol–water partition coefficient (Wildman–Crippen LogP) is 4.45. The first-order valence-corrected chi connectivity index (χ1v) is 10.5. The summed E-state index contributed by atoms with van der Waals surface area (Å²) < 4.78 is 41.7. The molecule has 0 saturated carbocycles. The molecule has 1 aromatic carbocycles. The Morgan fingerprint density at radius 2 is 1.91 bits per heavy atom. The molecule has 4 heterocycles. The highest BCUT2D eigenvalue weighted by Gasteiger charge is 2.30. The molecule has 4 aromatic rings. The summed E-state index contributed by atoms with van der Waals surface area (Å²) in [7, 11) is 1.87. The highest BCUT2D eigenvalue weighted by Crippen LogP contribution is 2.32. The van der Waals surface area contributed by atoms with Gasteiger partial charge in [0.15, 0.2) is 0 Å². The summed E-state index contributed by atoms with van der Waals surface area (Å²) in [5, 5.41) is 10.3. The number of carboxylic acid groups (broad SMARTS) is 1. The van der Waals surface area contributed by atoms with E-state index in [9.17, 15) is 27.9 Å². The van der Waals surface area contributed by atoms with Crippen molar-refractivity contribution in [2.75, 3.05) is 6.54 Å². The number of amides is 1. The largest absolute Gasteiger partial charge is 0.465 e. The van der Waals surface area contributed by atoms with Crippen molar-refractivity contribution >= 4 is 17.0 Å². The summed E-state index contributed by atoms with van der Waals surface area (Å²) in [6.07, 6.45) is -2.50. The average molecular weight is 468 g/mol. The minimum Gasteiger partial charge on any atom is -0.465 e. The van der Waals surface area contributed by atoms with Crippen molar-refractivity contribution in [1.29, 1.82) is 0 Å². The number of rotatable bonds is 2. The molecular weight excluding hydrogens is 449 g/mol. The van der Waals surface area contributed by atoms with Crippen LogP contribution in [0.4, 0.5) is 18.0 Å². The van der Waals surface area contributed by atoms with Crippen LogP contribution in [0.15, 0.2) is 59.7 Å². The zero-order valence-corrected chi connectivity index (χ0v) is 18.0. The number of benzene rings is 1. The molecule has 0 radical (unpaired) electrons. The first kappa shape index (κ1) is 21.7. The number of pyridine rings is 2. The number of carbonyl (C=O) groups is 1. The van der Waals surface area contributed by atoms with Crippen LogP contribution in [0.3, 0.4) is 0 Å². The third kappa shape index (κ3) is 3.60. The van der Waals surface area contributed by atoms with E-state index in [0.29, 0.717) is 30.8 Å². The van der Waals surface area contributed by atoms with Crippen molar-refractivity contribution < 1.29 is 23.1 Å². The summed E-state index contributed by atoms with van der Waals surface area (Å²) in [6.45, 7) is 0.738. The Morgan fingerprint density at radius 1 is 1.12 bits per heavy atom. The molecule has 0 atom stereocenters. The van der Waals surface area contributed by atoms with Gasteiger partial charge in [-0.3, -0.25) is 14.3 Å². The molecule has 10 heteroatoms. The SMILES string of the molecule is Cn1c2c(c3ccc(-n4ccc(-c5ccc(C(F)(F)F)cn5)cc4=O)cc31)CCN(C(=O)O)C2. The van der Waals surface area contributed by atoms with Gasteiger partial charge >= 0.3 is 12.3 Å². The van der Waals surface area contributed by atoms with Crippen LogP contribution in [0.5, 0.6) is 0 Å². The minimum atomic E-state index is -4.48. The molecule has 1 amide bonds. The van der Waals surface area contributed by atoms with E-state index in [1.54, 1.807) is 12.3 Å². The van der Waals surface area contributed by atoms with E-state index in [0.717, 1.165) is 34.4 Å². The Kier molecular flexibility index (Phi) is 4.96. The molecule has 1 aliphatic heterocycles. The van der Waals surface area contributed by atoms with Crippen LogP contribution >= 0.6 is 0 Å². The first-order valence-electron chi connectivity index (χ1n) is 10.5. The van der Waals surface area contributed by atoms with Crippen LogP contribution in [0.1, 0.15) is 16.8 Å². The third-order valence-electron chi connectivity index (χ3n) is 6.25. The molecule has 0 saturated heterocycles. The summed E-state index contributed by atoms with van der Waals surface area (Å²) in [6, 6.07) is 10.8. The molecular formula is C24H19F3N4O3. The van der Waals surface area contributed by atoms with Gasteiger partial charge in [0.25, 0.3) is 5.56 Å². The number of nitrogens with zero attached hydrogens (tertiary/aromatic N) is 4. The van der Waals surface area contributed by atoms with Crippen molar-refractivity contribution in [2.45, 2.75) is 19.1 Å². The molecule has 0 aliphatic carbocycles. The van der Waals surface area contributed by atoms with E-state index < -0.39 is 17.8 Å². The average Bonchev–Trinajstić information content (AvgIpc) is 3.09. The van der Waals surface area contributed by atoms with Crippen LogP contribution in [0.25, 0.3) is 27.8 Å². The number of halogens is 3. The lowest BCUT2D eigenvalue weighted by atomic mass is 10.0. The van der Waals surface area contributed by atoms with Crippen molar-refractivity contribution in [3.05, 3.63) is 82.0 Å². The molecule has 7 nitrogen and oxygen atoms in total. The van der Waals surface area contributed by atoms with E-state index >= 15 is 0 Å². The van der Waals surface area contributed by atoms with Gasteiger partial charge in [0.1, 0.15) is 0 Å². The van der Waals surface area contributed by atoms with Crippen molar-refractivity contribution in [3.8, 4) is 16.9 Å².